The molecule has 5 heterocycles. The fourth-order valence-electron chi connectivity index (χ4n) is 5.24. The van der Waals surface area contributed by atoms with Gasteiger partial charge in [0, 0.05) is 47.5 Å². The second-order valence-electron chi connectivity index (χ2n) is 9.49. The number of piperidine rings is 1. The third kappa shape index (κ3) is 4.11. The second-order valence-corrected chi connectivity index (χ2v) is 9.49. The Bertz CT molecular complexity index is 1500. The first kappa shape index (κ1) is 22.7. The number of H-pyrrole nitrogens is 1. The van der Waals surface area contributed by atoms with Crippen LogP contribution < -0.4 is 4.90 Å². The van der Waals surface area contributed by atoms with Crippen LogP contribution in [0.15, 0.2) is 61.1 Å². The Morgan fingerprint density at radius 2 is 1.72 bits per heavy atom. The zero-order chi connectivity index (χ0) is 24.5. The predicted molar refractivity (Wildman–Crippen MR) is 147 cm³/mol. The summed E-state index contributed by atoms with van der Waals surface area (Å²) >= 11 is 0. The van der Waals surface area contributed by atoms with Gasteiger partial charge in [-0.25, -0.2) is 15.0 Å². The smallest absolute Gasteiger partial charge is 0.163 e. The Balaban J connectivity index is 0.00000117. The molecule has 1 aliphatic heterocycles. The second kappa shape index (κ2) is 9.69. The number of rotatable bonds is 4. The van der Waals surface area contributed by atoms with Crippen molar-refractivity contribution >= 4 is 27.8 Å². The highest BCUT2D eigenvalue weighted by atomic mass is 15.2. The summed E-state index contributed by atoms with van der Waals surface area (Å²) in [5, 5.41) is 2.24. The summed E-state index contributed by atoms with van der Waals surface area (Å²) in [5.41, 5.74) is 6.30. The van der Waals surface area contributed by atoms with Crippen LogP contribution in [-0.2, 0) is 0 Å². The highest BCUT2D eigenvalue weighted by Crippen LogP contribution is 2.45. The first-order chi connectivity index (χ1) is 17.8. The molecule has 4 aromatic heterocycles. The number of benzene rings is 1. The topological polar surface area (TPSA) is 70.6 Å². The van der Waals surface area contributed by atoms with Crippen LogP contribution >= 0.6 is 0 Å². The zero-order valence-electron chi connectivity index (χ0n) is 21.0. The lowest BCUT2D eigenvalue weighted by molar-refractivity contribution is 0.574. The van der Waals surface area contributed by atoms with E-state index in [1.165, 1.54) is 43.1 Å². The molecule has 36 heavy (non-hydrogen) atoms. The maximum Gasteiger partial charge on any atom is 0.163 e. The van der Waals surface area contributed by atoms with Crippen molar-refractivity contribution in [1.29, 1.82) is 0 Å². The van der Waals surface area contributed by atoms with Crippen molar-refractivity contribution in [2.45, 2.75) is 51.9 Å². The van der Waals surface area contributed by atoms with E-state index in [4.69, 9.17) is 9.97 Å². The Morgan fingerprint density at radius 1 is 0.917 bits per heavy atom. The minimum absolute atomic E-state index is 0.597. The maximum absolute atomic E-state index is 5.24. The van der Waals surface area contributed by atoms with E-state index in [9.17, 15) is 0 Å². The Hall–Kier alpha value is -3.80. The third-order valence-electron chi connectivity index (χ3n) is 7.15. The molecule has 6 nitrogen and oxygen atoms in total. The Labute approximate surface area is 211 Å². The van der Waals surface area contributed by atoms with Gasteiger partial charge in [-0.05, 0) is 61.3 Å². The van der Waals surface area contributed by atoms with Gasteiger partial charge < -0.3 is 9.88 Å². The zero-order valence-corrected chi connectivity index (χ0v) is 21.0. The summed E-state index contributed by atoms with van der Waals surface area (Å²) in [4.78, 5) is 25.4. The van der Waals surface area contributed by atoms with Crippen LogP contribution in [0, 0.1) is 0 Å². The molecule has 0 amide bonds. The number of hydrogen-bond donors (Lipinski definition) is 1. The largest absolute Gasteiger partial charge is 0.356 e. The monoisotopic (exact) mass is 476 g/mol. The molecule has 1 aromatic carbocycles. The molecule has 2 fully saturated rings. The lowest BCUT2D eigenvalue weighted by Gasteiger charge is -2.29. The van der Waals surface area contributed by atoms with E-state index >= 15 is 0 Å². The normalized spacial score (nSPS) is 15.7. The minimum atomic E-state index is 0.597. The predicted octanol–water partition coefficient (Wildman–Crippen LogP) is 7.13. The lowest BCUT2D eigenvalue weighted by Crippen LogP contribution is -2.30. The van der Waals surface area contributed by atoms with Crippen LogP contribution in [0.4, 0.5) is 5.82 Å². The molecule has 1 aliphatic carbocycles. The number of fused-ring (bicyclic) bond motifs is 2. The van der Waals surface area contributed by atoms with E-state index in [0.29, 0.717) is 5.92 Å². The number of nitrogens with one attached hydrogen (secondary N) is 1. The van der Waals surface area contributed by atoms with Crippen molar-refractivity contribution in [3.8, 4) is 22.6 Å². The van der Waals surface area contributed by atoms with Crippen molar-refractivity contribution in [2.24, 2.45) is 0 Å². The van der Waals surface area contributed by atoms with Crippen LogP contribution in [-0.4, -0.2) is 38.0 Å². The number of nitrogens with zero attached hydrogens (tertiary/aromatic N) is 5. The van der Waals surface area contributed by atoms with Gasteiger partial charge in [-0.2, -0.15) is 0 Å². The van der Waals surface area contributed by atoms with E-state index in [2.05, 4.69) is 50.2 Å². The summed E-state index contributed by atoms with van der Waals surface area (Å²) in [7, 11) is 0. The van der Waals surface area contributed by atoms with E-state index in [0.717, 1.165) is 58.1 Å². The van der Waals surface area contributed by atoms with Crippen LogP contribution in [0.25, 0.3) is 44.6 Å². The molecule has 0 atom stereocenters. The van der Waals surface area contributed by atoms with Gasteiger partial charge in [0.1, 0.15) is 11.5 Å². The van der Waals surface area contributed by atoms with Crippen molar-refractivity contribution in [3.63, 3.8) is 0 Å². The first-order valence-corrected chi connectivity index (χ1v) is 13.3. The summed E-state index contributed by atoms with van der Waals surface area (Å²) < 4.78 is 0. The number of aromatic nitrogens is 5. The van der Waals surface area contributed by atoms with Crippen molar-refractivity contribution in [3.05, 3.63) is 66.6 Å². The lowest BCUT2D eigenvalue weighted by atomic mass is 10.0. The Kier molecular flexibility index (Phi) is 6.09. The van der Waals surface area contributed by atoms with Crippen molar-refractivity contribution in [1.82, 2.24) is 24.9 Å². The molecule has 1 saturated carbocycles. The standard InChI is InChI=1S/C28H26N6.C2H6/c1-3-7-19(8-4-1)23-15-21-20(11-12-30-26(21)31-23)27-32-24-17-29-16-22(18-9-10-18)25(24)28(33-27)34-13-5-2-6-14-34;1-2/h1,3-4,7-8,11-12,15-18H,2,5-6,9-10,13-14H2,(H,30,31);1-2H3. The fourth-order valence-corrected chi connectivity index (χ4v) is 5.24. The molecule has 0 radical (unpaired) electrons. The van der Waals surface area contributed by atoms with E-state index in [-0.39, 0.29) is 0 Å². The molecule has 7 rings (SSSR count). The Morgan fingerprint density at radius 3 is 2.50 bits per heavy atom. The van der Waals surface area contributed by atoms with Crippen molar-refractivity contribution < 1.29 is 0 Å². The van der Waals surface area contributed by atoms with Crippen LogP contribution in [0.3, 0.4) is 0 Å². The molecule has 0 spiro atoms. The van der Waals surface area contributed by atoms with Gasteiger partial charge in [0.25, 0.3) is 0 Å². The van der Waals surface area contributed by atoms with Crippen molar-refractivity contribution in [2.75, 3.05) is 18.0 Å². The van der Waals surface area contributed by atoms with Gasteiger partial charge in [0.2, 0.25) is 0 Å². The average Bonchev–Trinajstić information content (AvgIpc) is 3.71. The van der Waals surface area contributed by atoms with E-state index in [1.807, 2.05) is 44.6 Å². The van der Waals surface area contributed by atoms with Crippen LogP contribution in [0.5, 0.6) is 0 Å². The van der Waals surface area contributed by atoms with Gasteiger partial charge in [-0.1, -0.05) is 44.2 Å². The number of hydrogen-bond acceptors (Lipinski definition) is 5. The SMILES string of the molecule is CC.c1ccc(-c2cc3c(-c4nc(N5CCCCC5)c5c(C6CC6)cncc5n4)ccnc3[nH]2)cc1. The quantitative estimate of drug-likeness (QED) is 0.299. The van der Waals surface area contributed by atoms with Crippen LogP contribution in [0.2, 0.25) is 0 Å². The van der Waals surface area contributed by atoms with Gasteiger partial charge in [-0.15, -0.1) is 0 Å². The summed E-state index contributed by atoms with van der Waals surface area (Å²) in [6.07, 6.45) is 12.0. The molecule has 0 unspecified atom stereocenters. The summed E-state index contributed by atoms with van der Waals surface area (Å²) in [5.74, 6) is 2.42. The van der Waals surface area contributed by atoms with E-state index < -0.39 is 0 Å². The van der Waals surface area contributed by atoms with Gasteiger partial charge >= 0.3 is 0 Å². The first-order valence-electron chi connectivity index (χ1n) is 13.3. The number of pyridine rings is 2. The van der Waals surface area contributed by atoms with Gasteiger partial charge in [0.15, 0.2) is 5.82 Å². The van der Waals surface area contributed by atoms with Gasteiger partial charge in [-0.3, -0.25) is 4.98 Å². The molecular weight excluding hydrogens is 444 g/mol. The molecule has 6 heteroatoms. The average molecular weight is 477 g/mol. The molecule has 2 aliphatic rings. The van der Waals surface area contributed by atoms with Gasteiger partial charge in [0.05, 0.1) is 11.7 Å². The highest BCUT2D eigenvalue weighted by molar-refractivity contribution is 5.98. The minimum Gasteiger partial charge on any atom is -0.356 e. The third-order valence-corrected chi connectivity index (χ3v) is 7.15. The number of aromatic amines is 1. The van der Waals surface area contributed by atoms with E-state index in [1.54, 1.807) is 0 Å². The molecule has 1 saturated heterocycles. The summed E-state index contributed by atoms with van der Waals surface area (Å²) in [6, 6.07) is 14.6. The van der Waals surface area contributed by atoms with Crippen LogP contribution in [0.1, 0.15) is 57.4 Å². The number of anilines is 1. The fraction of sp³-hybridized carbons (Fsp3) is 0.333. The maximum atomic E-state index is 5.24. The molecule has 5 aromatic rings. The molecule has 1 N–H and O–H groups in total. The highest BCUT2D eigenvalue weighted by Gasteiger charge is 2.29. The molecule has 182 valence electrons. The molecule has 0 bridgehead atoms. The summed E-state index contributed by atoms with van der Waals surface area (Å²) in [6.45, 7) is 6.10. The molecular formula is C30H32N6.